The summed E-state index contributed by atoms with van der Waals surface area (Å²) in [6.07, 6.45) is 5.16. The van der Waals surface area contributed by atoms with E-state index in [1.165, 1.54) is 17.7 Å². The third kappa shape index (κ3) is 4.73. The molecule has 3 aliphatic heterocycles. The lowest BCUT2D eigenvalue weighted by Crippen LogP contribution is -2.37. The van der Waals surface area contributed by atoms with E-state index in [1.54, 1.807) is 12.1 Å². The van der Waals surface area contributed by atoms with Crippen molar-refractivity contribution in [2.24, 2.45) is 5.92 Å². The number of hydrogen-bond donors (Lipinski definition) is 0. The number of aryl methyl sites for hydroxylation is 1. The number of amides is 1. The molecule has 6 heteroatoms. The Labute approximate surface area is 194 Å². The average Bonchev–Trinajstić information content (AvgIpc) is 3.22. The Morgan fingerprint density at radius 3 is 2.61 bits per heavy atom. The molecule has 1 atom stereocenters. The molecule has 0 N–H and O–H groups in total. The molecule has 2 aromatic carbocycles. The number of para-hydroxylation sites is 1. The molecule has 5 rings (SSSR count). The molecule has 5 nitrogen and oxygen atoms in total. The van der Waals surface area contributed by atoms with Crippen molar-refractivity contribution in [3.63, 3.8) is 0 Å². The van der Waals surface area contributed by atoms with Crippen molar-refractivity contribution < 1.29 is 18.7 Å². The van der Waals surface area contributed by atoms with Crippen molar-refractivity contribution in [1.29, 1.82) is 0 Å². The van der Waals surface area contributed by atoms with E-state index < -0.39 is 0 Å². The largest absolute Gasteiger partial charge is 0.372 e. The lowest BCUT2D eigenvalue weighted by atomic mass is 9.89. The van der Waals surface area contributed by atoms with Crippen LogP contribution in [0.4, 0.5) is 10.1 Å². The van der Waals surface area contributed by atoms with Crippen LogP contribution in [0.5, 0.6) is 0 Å². The van der Waals surface area contributed by atoms with Gasteiger partial charge in [0.05, 0.1) is 12.2 Å². The van der Waals surface area contributed by atoms with E-state index in [4.69, 9.17) is 4.74 Å². The number of hydrogen-bond acceptors (Lipinski definition) is 4. The first kappa shape index (κ1) is 22.2. The summed E-state index contributed by atoms with van der Waals surface area (Å²) in [5, 5.41) is 0. The normalized spacial score (nSPS) is 20.8. The van der Waals surface area contributed by atoms with Crippen LogP contribution >= 0.6 is 0 Å². The summed E-state index contributed by atoms with van der Waals surface area (Å²) in [6, 6.07) is 12.2. The Morgan fingerprint density at radius 2 is 1.82 bits per heavy atom. The number of halogens is 1. The fraction of sp³-hybridized carbons (Fsp3) is 0.481. The fourth-order valence-corrected chi connectivity index (χ4v) is 5.43. The van der Waals surface area contributed by atoms with Crippen molar-refractivity contribution in [3.05, 3.63) is 65.0 Å². The van der Waals surface area contributed by atoms with Gasteiger partial charge < -0.3 is 14.5 Å². The number of anilines is 1. The molecular formula is C27H31FN2O3. The number of carbonyl (C=O) groups excluding carboxylic acids is 2. The van der Waals surface area contributed by atoms with Crippen molar-refractivity contribution >= 4 is 17.4 Å². The zero-order chi connectivity index (χ0) is 22.8. The van der Waals surface area contributed by atoms with Crippen LogP contribution in [0.15, 0.2) is 42.5 Å². The minimum Gasteiger partial charge on any atom is -0.372 e. The Kier molecular flexibility index (Phi) is 6.56. The maximum Gasteiger partial charge on any atom is 0.227 e. The van der Waals surface area contributed by atoms with E-state index >= 15 is 0 Å². The van der Waals surface area contributed by atoms with Crippen LogP contribution in [-0.2, 0) is 16.0 Å². The number of rotatable bonds is 8. The molecule has 1 unspecified atom stereocenters. The maximum absolute atomic E-state index is 13.1. The number of ether oxygens (including phenoxy) is 1. The first-order valence-electron chi connectivity index (χ1n) is 12.2. The first-order valence-corrected chi connectivity index (χ1v) is 12.2. The summed E-state index contributed by atoms with van der Waals surface area (Å²) in [7, 11) is 0. The number of piperidine rings is 1. The second-order valence-electron chi connectivity index (χ2n) is 9.41. The standard InChI is InChI=1S/C27H31FN2O3/c28-22-9-6-20(7-10-22)27(32)21-12-15-29(16-13-21)14-1-2-17-33-24-18-30-25(31)11-8-19-4-3-5-23(24)26(19)30/h3-7,9-10,21,24H,1-2,8,11-18H2. The van der Waals surface area contributed by atoms with Gasteiger partial charge in [0.15, 0.2) is 5.78 Å². The highest BCUT2D eigenvalue weighted by atomic mass is 19.1. The number of benzene rings is 2. The Morgan fingerprint density at radius 1 is 1.03 bits per heavy atom. The van der Waals surface area contributed by atoms with E-state index in [-0.39, 0.29) is 29.5 Å². The molecule has 0 aromatic heterocycles. The number of unbranched alkanes of at least 4 members (excludes halogenated alkanes) is 1. The quantitative estimate of drug-likeness (QED) is 0.437. The minimum absolute atomic E-state index is 0.0183. The highest BCUT2D eigenvalue weighted by molar-refractivity contribution is 5.99. The molecule has 3 heterocycles. The molecule has 1 amide bonds. The zero-order valence-corrected chi connectivity index (χ0v) is 19.0. The van der Waals surface area contributed by atoms with E-state index in [0.717, 1.165) is 63.0 Å². The van der Waals surface area contributed by atoms with Gasteiger partial charge in [-0.2, -0.15) is 0 Å². The molecule has 174 valence electrons. The number of nitrogens with zero attached hydrogens (tertiary/aromatic N) is 2. The molecule has 0 radical (unpaired) electrons. The van der Waals surface area contributed by atoms with Gasteiger partial charge in [-0.15, -0.1) is 0 Å². The van der Waals surface area contributed by atoms with Crippen molar-refractivity contribution in [1.82, 2.24) is 4.90 Å². The Bertz CT molecular complexity index is 1010. The molecular weight excluding hydrogens is 419 g/mol. The maximum atomic E-state index is 13.1. The lowest BCUT2D eigenvalue weighted by Gasteiger charge is -2.31. The Hall–Kier alpha value is -2.57. The molecule has 3 aliphatic rings. The summed E-state index contributed by atoms with van der Waals surface area (Å²) in [4.78, 5) is 29.3. The predicted octanol–water partition coefficient (Wildman–Crippen LogP) is 4.55. The van der Waals surface area contributed by atoms with Crippen LogP contribution in [-0.4, -0.2) is 49.4 Å². The molecule has 1 saturated heterocycles. The lowest BCUT2D eigenvalue weighted by molar-refractivity contribution is -0.119. The monoisotopic (exact) mass is 450 g/mol. The number of ketones is 1. The van der Waals surface area contributed by atoms with E-state index in [0.29, 0.717) is 25.1 Å². The van der Waals surface area contributed by atoms with Gasteiger partial charge in [0.2, 0.25) is 5.91 Å². The number of likely N-dealkylation sites (tertiary alicyclic amines) is 1. The third-order valence-corrected chi connectivity index (χ3v) is 7.30. The van der Waals surface area contributed by atoms with Crippen molar-refractivity contribution in [2.75, 3.05) is 37.7 Å². The van der Waals surface area contributed by atoms with Crippen LogP contribution in [0.1, 0.15) is 59.7 Å². The molecule has 0 bridgehead atoms. The highest BCUT2D eigenvalue weighted by Gasteiger charge is 2.37. The molecule has 0 aliphatic carbocycles. The SMILES string of the molecule is O=C(c1ccc(F)cc1)C1CCN(CCCCOC2CN3C(=O)CCc4cccc2c43)CC1. The van der Waals surface area contributed by atoms with Crippen LogP contribution in [0.25, 0.3) is 0 Å². The Balaban J connectivity index is 1.03. The zero-order valence-electron chi connectivity index (χ0n) is 19.0. The smallest absolute Gasteiger partial charge is 0.227 e. The van der Waals surface area contributed by atoms with E-state index in [9.17, 15) is 14.0 Å². The summed E-state index contributed by atoms with van der Waals surface area (Å²) in [5.41, 5.74) is 4.13. The van der Waals surface area contributed by atoms with Gasteiger partial charge in [-0.3, -0.25) is 9.59 Å². The van der Waals surface area contributed by atoms with Crippen LogP contribution in [0, 0.1) is 11.7 Å². The van der Waals surface area contributed by atoms with E-state index in [2.05, 4.69) is 23.1 Å². The molecule has 1 fully saturated rings. The summed E-state index contributed by atoms with van der Waals surface area (Å²) < 4.78 is 19.3. The van der Waals surface area contributed by atoms with Crippen LogP contribution < -0.4 is 4.90 Å². The van der Waals surface area contributed by atoms with Gasteiger partial charge in [-0.05, 0) is 81.6 Å². The van der Waals surface area contributed by atoms with Crippen LogP contribution in [0.3, 0.4) is 0 Å². The first-order chi connectivity index (χ1) is 16.1. The fourth-order valence-electron chi connectivity index (χ4n) is 5.43. The molecule has 2 aromatic rings. The predicted molar refractivity (Wildman–Crippen MR) is 125 cm³/mol. The molecule has 0 spiro atoms. The topological polar surface area (TPSA) is 49.9 Å². The summed E-state index contributed by atoms with van der Waals surface area (Å²) in [5.74, 6) is 0.0781. The van der Waals surface area contributed by atoms with Gasteiger partial charge >= 0.3 is 0 Å². The average molecular weight is 451 g/mol. The second kappa shape index (κ2) is 9.74. The number of Topliss-reactive ketones (excluding diaryl/α,β-unsaturated/α-hetero) is 1. The third-order valence-electron chi connectivity index (χ3n) is 7.30. The summed E-state index contributed by atoms with van der Waals surface area (Å²) >= 11 is 0. The summed E-state index contributed by atoms with van der Waals surface area (Å²) in [6.45, 7) is 4.19. The van der Waals surface area contributed by atoms with Gasteiger partial charge in [0.1, 0.15) is 11.9 Å². The van der Waals surface area contributed by atoms with Crippen molar-refractivity contribution in [3.8, 4) is 0 Å². The second-order valence-corrected chi connectivity index (χ2v) is 9.41. The van der Waals surface area contributed by atoms with Crippen LogP contribution in [0.2, 0.25) is 0 Å². The van der Waals surface area contributed by atoms with E-state index in [1.807, 2.05) is 4.90 Å². The highest BCUT2D eigenvalue weighted by Crippen LogP contribution is 2.42. The van der Waals surface area contributed by atoms with Gasteiger partial charge in [0.25, 0.3) is 0 Å². The number of carbonyl (C=O) groups is 2. The van der Waals surface area contributed by atoms with Gasteiger partial charge in [-0.25, -0.2) is 4.39 Å². The molecule has 0 saturated carbocycles. The minimum atomic E-state index is -0.309. The van der Waals surface area contributed by atoms with Crippen molar-refractivity contribution in [2.45, 2.75) is 44.6 Å². The van der Waals surface area contributed by atoms with Gasteiger partial charge in [0, 0.05) is 30.1 Å². The molecule has 33 heavy (non-hydrogen) atoms. The van der Waals surface area contributed by atoms with Gasteiger partial charge in [-0.1, -0.05) is 18.2 Å².